The van der Waals surface area contributed by atoms with Gasteiger partial charge in [0.2, 0.25) is 0 Å². The fraction of sp³-hybridized carbons (Fsp3) is 0.0800. The molecule has 3 heterocycles. The number of rotatable bonds is 8. The van der Waals surface area contributed by atoms with Gasteiger partial charge in [0.1, 0.15) is 11.5 Å². The maximum atomic E-state index is 13.5. The van der Waals surface area contributed by atoms with Gasteiger partial charge in [0.15, 0.2) is 21.6 Å². The number of para-hydroxylation sites is 1. The van der Waals surface area contributed by atoms with Crippen LogP contribution in [0.5, 0.6) is 11.5 Å². The molecule has 0 bridgehead atoms. The second-order valence-corrected chi connectivity index (χ2v) is 9.58. The van der Waals surface area contributed by atoms with Crippen LogP contribution in [0.2, 0.25) is 0 Å². The number of nitrogens with zero attached hydrogens (tertiary/aromatic N) is 3. The summed E-state index contributed by atoms with van der Waals surface area (Å²) in [6.45, 7) is 2.20. The predicted molar refractivity (Wildman–Crippen MR) is 138 cm³/mol. The fourth-order valence-electron chi connectivity index (χ4n) is 3.56. The summed E-state index contributed by atoms with van der Waals surface area (Å²) in [4.78, 5) is 22.7. The van der Waals surface area contributed by atoms with Gasteiger partial charge in [-0.2, -0.15) is 8.78 Å². The van der Waals surface area contributed by atoms with Crippen LogP contribution in [-0.4, -0.2) is 26.9 Å². The first-order valence-electron chi connectivity index (χ1n) is 10.7. The first-order valence-corrected chi connectivity index (χ1v) is 12.4. The molecule has 7 nitrogen and oxygen atoms in total. The fourth-order valence-corrected chi connectivity index (χ4v) is 5.16. The highest BCUT2D eigenvalue weighted by molar-refractivity contribution is 7.22. The number of carbonyl (C=O) groups is 1. The number of anilines is 1. The number of ether oxygens (including phenoxy) is 2. The summed E-state index contributed by atoms with van der Waals surface area (Å²) >= 11 is 2.48. The first-order chi connectivity index (χ1) is 17.8. The molecule has 188 valence electrons. The molecule has 0 aliphatic heterocycles. The van der Waals surface area contributed by atoms with Crippen LogP contribution in [0.3, 0.4) is 0 Å². The van der Waals surface area contributed by atoms with Crippen LogP contribution in [0.1, 0.15) is 28.7 Å². The van der Waals surface area contributed by atoms with Crippen molar-refractivity contribution in [3.63, 3.8) is 0 Å². The van der Waals surface area contributed by atoms with Gasteiger partial charge < -0.3 is 9.47 Å². The molecule has 1 N–H and O–H groups in total. The topological polar surface area (TPSA) is 77.8 Å². The molecular formula is C25H17F3N4O3S2. The standard InChI is InChI=1S/C25H17F3N4O3S2/c1-13(2)34-21-14(4-3-5-18(21)35-23(27)28)6-8-17-20(32-10-11-36-25(32)30-17)22(33)31-24-29-16-9-7-15(26)12-19(16)37-24/h3-12,23H,1H2,2H3,(H,29,31,33)/b8-6+. The molecule has 37 heavy (non-hydrogen) atoms. The molecule has 5 rings (SSSR count). The van der Waals surface area contributed by atoms with Crippen molar-refractivity contribution in [3.8, 4) is 11.5 Å². The van der Waals surface area contributed by atoms with Gasteiger partial charge in [-0.3, -0.25) is 14.5 Å². The SMILES string of the molecule is C=C(C)Oc1c(/C=C/c2nc3sccn3c2C(=O)Nc2nc3ccc(F)cc3s2)cccc1OC(F)F. The lowest BCUT2D eigenvalue weighted by molar-refractivity contribution is -0.0511. The van der Waals surface area contributed by atoms with Gasteiger partial charge in [0, 0.05) is 17.1 Å². The first kappa shape index (κ1) is 24.5. The molecule has 0 fully saturated rings. The van der Waals surface area contributed by atoms with Crippen molar-refractivity contribution in [2.75, 3.05) is 5.32 Å². The summed E-state index contributed by atoms with van der Waals surface area (Å²) in [5, 5.41) is 4.85. The van der Waals surface area contributed by atoms with E-state index < -0.39 is 18.3 Å². The number of carbonyl (C=O) groups excluding carboxylic acids is 1. The highest BCUT2D eigenvalue weighted by atomic mass is 32.1. The molecule has 0 aliphatic carbocycles. The van der Waals surface area contributed by atoms with E-state index in [4.69, 9.17) is 4.74 Å². The molecule has 0 atom stereocenters. The van der Waals surface area contributed by atoms with E-state index in [0.29, 0.717) is 31.6 Å². The molecule has 12 heteroatoms. The Balaban J connectivity index is 1.50. The number of aromatic nitrogens is 3. The average molecular weight is 543 g/mol. The van der Waals surface area contributed by atoms with Gasteiger partial charge in [-0.1, -0.05) is 30.0 Å². The number of benzene rings is 2. The Morgan fingerprint density at radius 2 is 2.05 bits per heavy atom. The summed E-state index contributed by atoms with van der Waals surface area (Å²) in [5.41, 5.74) is 1.54. The van der Waals surface area contributed by atoms with Crippen molar-refractivity contribution >= 4 is 61.0 Å². The van der Waals surface area contributed by atoms with Gasteiger partial charge >= 0.3 is 6.61 Å². The van der Waals surface area contributed by atoms with Crippen molar-refractivity contribution in [2.24, 2.45) is 0 Å². The summed E-state index contributed by atoms with van der Waals surface area (Å²) in [7, 11) is 0. The number of thiazole rings is 2. The number of alkyl halides is 2. The van der Waals surface area contributed by atoms with Gasteiger partial charge in [-0.15, -0.1) is 11.3 Å². The van der Waals surface area contributed by atoms with E-state index in [1.54, 1.807) is 41.1 Å². The number of nitrogens with one attached hydrogen (secondary N) is 1. The Morgan fingerprint density at radius 1 is 1.22 bits per heavy atom. The molecular weight excluding hydrogens is 525 g/mol. The molecule has 1 amide bonds. The molecule has 0 spiro atoms. The van der Waals surface area contributed by atoms with Crippen molar-refractivity contribution in [1.82, 2.24) is 14.4 Å². The zero-order valence-electron chi connectivity index (χ0n) is 19.1. The number of amides is 1. The third-order valence-corrected chi connectivity index (χ3v) is 6.69. The Morgan fingerprint density at radius 3 is 2.84 bits per heavy atom. The van der Waals surface area contributed by atoms with E-state index in [-0.39, 0.29) is 23.0 Å². The summed E-state index contributed by atoms with van der Waals surface area (Å²) in [6, 6.07) is 8.73. The van der Waals surface area contributed by atoms with Crippen LogP contribution in [0.25, 0.3) is 27.3 Å². The number of fused-ring (bicyclic) bond motifs is 2. The molecule has 0 saturated carbocycles. The number of imidazole rings is 1. The van der Waals surface area contributed by atoms with Crippen molar-refractivity contribution in [1.29, 1.82) is 0 Å². The number of halogens is 3. The van der Waals surface area contributed by atoms with Crippen LogP contribution in [-0.2, 0) is 0 Å². The normalized spacial score (nSPS) is 11.6. The van der Waals surface area contributed by atoms with E-state index in [0.717, 1.165) is 11.3 Å². The van der Waals surface area contributed by atoms with Crippen molar-refractivity contribution < 1.29 is 27.4 Å². The lowest BCUT2D eigenvalue weighted by Crippen LogP contribution is -2.15. The summed E-state index contributed by atoms with van der Waals surface area (Å²) in [5.74, 6) is -0.691. The van der Waals surface area contributed by atoms with E-state index in [2.05, 4.69) is 26.6 Å². The smallest absolute Gasteiger partial charge is 0.387 e. The minimum Gasteiger partial charge on any atom is -0.458 e. The molecule has 0 radical (unpaired) electrons. The monoisotopic (exact) mass is 542 g/mol. The Bertz CT molecular complexity index is 1670. The lowest BCUT2D eigenvalue weighted by atomic mass is 10.1. The molecule has 5 aromatic rings. The molecule has 2 aromatic carbocycles. The largest absolute Gasteiger partial charge is 0.458 e. The highest BCUT2D eigenvalue weighted by Gasteiger charge is 2.21. The highest BCUT2D eigenvalue weighted by Crippen LogP contribution is 2.35. The van der Waals surface area contributed by atoms with Crippen LogP contribution < -0.4 is 14.8 Å². The number of hydrogen-bond donors (Lipinski definition) is 1. The molecule has 3 aromatic heterocycles. The molecule has 0 saturated heterocycles. The van der Waals surface area contributed by atoms with E-state index in [9.17, 15) is 18.0 Å². The summed E-state index contributed by atoms with van der Waals surface area (Å²) < 4.78 is 51.8. The van der Waals surface area contributed by atoms with E-state index in [1.807, 2.05) is 0 Å². The van der Waals surface area contributed by atoms with E-state index >= 15 is 0 Å². The number of allylic oxidation sites excluding steroid dienone is 1. The minimum atomic E-state index is -3.04. The van der Waals surface area contributed by atoms with Gasteiger partial charge in [-0.25, -0.2) is 14.4 Å². The minimum absolute atomic E-state index is 0.0558. The lowest BCUT2D eigenvalue weighted by Gasteiger charge is -2.14. The van der Waals surface area contributed by atoms with Gasteiger partial charge in [0.25, 0.3) is 5.91 Å². The second-order valence-electron chi connectivity index (χ2n) is 7.68. The van der Waals surface area contributed by atoms with Crippen molar-refractivity contribution in [2.45, 2.75) is 13.5 Å². The zero-order chi connectivity index (χ0) is 26.1. The Labute approximate surface area is 216 Å². The predicted octanol–water partition coefficient (Wildman–Crippen LogP) is 7.08. The third kappa shape index (κ3) is 5.20. The third-order valence-electron chi connectivity index (χ3n) is 5.00. The van der Waals surface area contributed by atoms with Crippen LogP contribution in [0.15, 0.2) is 60.3 Å². The summed E-state index contributed by atoms with van der Waals surface area (Å²) in [6.07, 6.45) is 4.87. The second kappa shape index (κ2) is 10.1. The number of hydrogen-bond acceptors (Lipinski definition) is 7. The zero-order valence-corrected chi connectivity index (χ0v) is 20.7. The maximum absolute atomic E-state index is 13.5. The Kier molecular flexibility index (Phi) is 6.68. The quantitative estimate of drug-likeness (QED) is 0.212. The van der Waals surface area contributed by atoms with E-state index in [1.165, 1.54) is 41.7 Å². The van der Waals surface area contributed by atoms with Gasteiger partial charge in [0.05, 0.1) is 21.7 Å². The van der Waals surface area contributed by atoms with Crippen molar-refractivity contribution in [3.05, 3.63) is 83.1 Å². The molecule has 0 aliphatic rings. The van der Waals surface area contributed by atoms with Crippen LogP contribution in [0.4, 0.5) is 18.3 Å². The molecule has 0 unspecified atom stereocenters. The van der Waals surface area contributed by atoms with Crippen LogP contribution >= 0.6 is 22.7 Å². The maximum Gasteiger partial charge on any atom is 0.387 e. The average Bonchev–Trinajstić information content (AvgIpc) is 3.52. The van der Waals surface area contributed by atoms with Crippen LogP contribution in [0, 0.1) is 5.82 Å². The van der Waals surface area contributed by atoms with Gasteiger partial charge in [-0.05, 0) is 43.3 Å². The Hall–Kier alpha value is -4.16.